The molecule has 2 aromatic rings. The number of nitrogens with zero attached hydrogens (tertiary/aromatic N) is 3. The van der Waals surface area contributed by atoms with E-state index in [0.717, 1.165) is 10.9 Å². The lowest BCUT2D eigenvalue weighted by molar-refractivity contribution is -0.206. The molecular formula is C11H12F2N4O4. The predicted molar refractivity (Wildman–Crippen MR) is 64.8 cm³/mol. The maximum atomic E-state index is 14.1. The third-order valence-electron chi connectivity index (χ3n) is 3.37. The molecule has 0 radical (unpaired) electrons. The number of H-pyrrole nitrogens is 1. The first-order valence-corrected chi connectivity index (χ1v) is 6.10. The largest absolute Gasteiger partial charge is 0.390 e. The van der Waals surface area contributed by atoms with Crippen molar-refractivity contribution >= 4 is 11.2 Å². The van der Waals surface area contributed by atoms with Crippen LogP contribution in [0.1, 0.15) is 12.1 Å². The van der Waals surface area contributed by atoms with Crippen molar-refractivity contribution in [2.45, 2.75) is 31.3 Å². The zero-order valence-corrected chi connectivity index (χ0v) is 10.8. The van der Waals surface area contributed by atoms with E-state index in [9.17, 15) is 18.7 Å². The Bertz CT molecular complexity index is 747. The predicted octanol–water partition coefficient (Wildman–Crippen LogP) is -0.686. The van der Waals surface area contributed by atoms with Gasteiger partial charge in [0.1, 0.15) is 12.4 Å². The number of aliphatic hydroxyl groups excluding tert-OH is 2. The minimum absolute atomic E-state index is 0.00158. The maximum absolute atomic E-state index is 14.1. The van der Waals surface area contributed by atoms with Crippen molar-refractivity contribution in [2.24, 2.45) is 0 Å². The molecule has 0 saturated carbocycles. The monoisotopic (exact) mass is 302 g/mol. The lowest BCUT2D eigenvalue weighted by Crippen LogP contribution is -2.41. The summed E-state index contributed by atoms with van der Waals surface area (Å²) in [4.78, 5) is 21.9. The summed E-state index contributed by atoms with van der Waals surface area (Å²) in [5, 5.41) is 18.4. The van der Waals surface area contributed by atoms with Crippen LogP contribution >= 0.6 is 0 Å². The summed E-state index contributed by atoms with van der Waals surface area (Å²) in [6, 6.07) is 0. The fourth-order valence-electron chi connectivity index (χ4n) is 2.29. The average molecular weight is 302 g/mol. The van der Waals surface area contributed by atoms with Crippen LogP contribution in [0.25, 0.3) is 11.2 Å². The molecule has 8 nitrogen and oxygen atoms in total. The average Bonchev–Trinajstić information content (AvgIpc) is 2.95. The van der Waals surface area contributed by atoms with E-state index in [1.165, 1.54) is 6.92 Å². The second-order valence-electron chi connectivity index (χ2n) is 4.82. The Kier molecular flexibility index (Phi) is 3.04. The van der Waals surface area contributed by atoms with Crippen LogP contribution in [-0.4, -0.2) is 54.5 Å². The number of alkyl halides is 2. The SMILES string of the molecule is Cc1nc2c(ncn2[C@@H]2O[C@](F)(CO)[C@@H](O)[C@H]2F)c(=O)[nH]1. The standard InChI is InChI=1S/C11H12F2N4O4/c1-4-15-8-6(9(20)16-4)14-3-17(8)10-5(12)7(19)11(13,2-18)21-10/h3,5,7,10,18-19H,2H2,1H3,(H,15,16,20)/t5-,7+,10-,11-/m1/s1. The quantitative estimate of drug-likeness (QED) is 0.677. The molecule has 3 rings (SSSR count). The smallest absolute Gasteiger partial charge is 0.279 e. The van der Waals surface area contributed by atoms with Gasteiger partial charge in [-0.3, -0.25) is 9.36 Å². The zero-order chi connectivity index (χ0) is 15.4. The van der Waals surface area contributed by atoms with Crippen molar-refractivity contribution in [3.8, 4) is 0 Å². The summed E-state index contributed by atoms with van der Waals surface area (Å²) >= 11 is 0. The van der Waals surface area contributed by atoms with E-state index >= 15 is 0 Å². The molecule has 0 unspecified atom stereocenters. The highest BCUT2D eigenvalue weighted by molar-refractivity contribution is 5.69. The fourth-order valence-corrected chi connectivity index (χ4v) is 2.29. The number of nitrogens with one attached hydrogen (secondary N) is 1. The first-order chi connectivity index (χ1) is 9.87. The van der Waals surface area contributed by atoms with E-state index in [4.69, 9.17) is 9.84 Å². The van der Waals surface area contributed by atoms with Gasteiger partial charge in [0.2, 0.25) is 0 Å². The molecule has 1 aliphatic rings. The molecule has 1 aliphatic heterocycles. The zero-order valence-electron chi connectivity index (χ0n) is 10.8. The first-order valence-electron chi connectivity index (χ1n) is 6.10. The van der Waals surface area contributed by atoms with Gasteiger partial charge < -0.3 is 19.9 Å². The minimum atomic E-state index is -2.92. The van der Waals surface area contributed by atoms with Crippen LogP contribution in [0.2, 0.25) is 0 Å². The van der Waals surface area contributed by atoms with Gasteiger partial charge in [-0.05, 0) is 6.92 Å². The summed E-state index contributed by atoms with van der Waals surface area (Å²) in [5.74, 6) is -2.66. The second kappa shape index (κ2) is 4.55. The van der Waals surface area contributed by atoms with E-state index < -0.39 is 36.5 Å². The number of rotatable bonds is 2. The molecule has 114 valence electrons. The number of aromatic nitrogens is 4. The Hall–Kier alpha value is -1.91. The number of aliphatic hydroxyl groups is 2. The second-order valence-corrected chi connectivity index (χ2v) is 4.82. The van der Waals surface area contributed by atoms with Crippen molar-refractivity contribution in [2.75, 3.05) is 6.61 Å². The summed E-state index contributed by atoms with van der Waals surface area (Å²) in [6.45, 7) is 0.313. The Morgan fingerprint density at radius 2 is 2.33 bits per heavy atom. The molecule has 1 fully saturated rings. The van der Waals surface area contributed by atoms with Gasteiger partial charge in [-0.2, -0.15) is 0 Å². The van der Waals surface area contributed by atoms with E-state index in [2.05, 4.69) is 15.0 Å². The van der Waals surface area contributed by atoms with Gasteiger partial charge in [-0.15, -0.1) is 0 Å². The summed E-state index contributed by atoms with van der Waals surface area (Å²) in [7, 11) is 0. The fraction of sp³-hybridized carbons (Fsp3) is 0.545. The van der Waals surface area contributed by atoms with Crippen LogP contribution in [0.4, 0.5) is 8.78 Å². The first kappa shape index (κ1) is 14.0. The van der Waals surface area contributed by atoms with Crippen LogP contribution in [0.3, 0.4) is 0 Å². The highest BCUT2D eigenvalue weighted by atomic mass is 19.2. The molecule has 2 aromatic heterocycles. The van der Waals surface area contributed by atoms with Crippen LogP contribution in [0.15, 0.2) is 11.1 Å². The Balaban J connectivity index is 2.12. The maximum Gasteiger partial charge on any atom is 0.279 e. The molecule has 0 aromatic carbocycles. The van der Waals surface area contributed by atoms with Gasteiger partial charge in [0.15, 0.2) is 29.7 Å². The normalized spacial score (nSPS) is 32.9. The number of imidazole rings is 1. The van der Waals surface area contributed by atoms with Gasteiger partial charge in [0.05, 0.1) is 6.33 Å². The molecule has 0 aliphatic carbocycles. The van der Waals surface area contributed by atoms with Gasteiger partial charge in [0.25, 0.3) is 11.4 Å². The molecule has 3 N–H and O–H groups in total. The van der Waals surface area contributed by atoms with Gasteiger partial charge in [0, 0.05) is 0 Å². The van der Waals surface area contributed by atoms with Crippen LogP contribution in [-0.2, 0) is 4.74 Å². The van der Waals surface area contributed by atoms with Crippen LogP contribution in [0, 0.1) is 6.92 Å². The number of halogens is 2. The highest BCUT2D eigenvalue weighted by Crippen LogP contribution is 2.40. The van der Waals surface area contributed by atoms with Crippen molar-refractivity contribution < 1.29 is 23.7 Å². The number of aryl methyl sites for hydroxylation is 1. The van der Waals surface area contributed by atoms with Crippen molar-refractivity contribution in [3.63, 3.8) is 0 Å². The van der Waals surface area contributed by atoms with Crippen molar-refractivity contribution in [3.05, 3.63) is 22.5 Å². The number of hydrogen-bond donors (Lipinski definition) is 3. The lowest BCUT2D eigenvalue weighted by atomic mass is 10.1. The van der Waals surface area contributed by atoms with Crippen molar-refractivity contribution in [1.82, 2.24) is 19.5 Å². The molecule has 0 amide bonds. The molecule has 0 spiro atoms. The topological polar surface area (TPSA) is 113 Å². The molecule has 4 atom stereocenters. The van der Waals surface area contributed by atoms with E-state index in [1.54, 1.807) is 0 Å². The summed E-state index contributed by atoms with van der Waals surface area (Å²) in [6.07, 6.45) is -4.83. The molecule has 10 heteroatoms. The van der Waals surface area contributed by atoms with Crippen molar-refractivity contribution in [1.29, 1.82) is 0 Å². The number of hydrogen-bond acceptors (Lipinski definition) is 6. The van der Waals surface area contributed by atoms with Gasteiger partial charge in [-0.1, -0.05) is 0 Å². The molecule has 1 saturated heterocycles. The Morgan fingerprint density at radius 1 is 1.62 bits per heavy atom. The Morgan fingerprint density at radius 3 is 2.95 bits per heavy atom. The Labute approximate surface area is 116 Å². The highest BCUT2D eigenvalue weighted by Gasteiger charge is 2.57. The third-order valence-corrected chi connectivity index (χ3v) is 3.37. The van der Waals surface area contributed by atoms with E-state index in [-0.39, 0.29) is 17.0 Å². The van der Waals surface area contributed by atoms with Gasteiger partial charge >= 0.3 is 0 Å². The summed E-state index contributed by atoms with van der Waals surface area (Å²) in [5.41, 5.74) is -0.594. The van der Waals surface area contributed by atoms with E-state index in [0.29, 0.717) is 0 Å². The minimum Gasteiger partial charge on any atom is -0.390 e. The number of aromatic amines is 1. The molecule has 0 bridgehead atoms. The number of ether oxygens (including phenoxy) is 1. The van der Waals surface area contributed by atoms with Crippen LogP contribution < -0.4 is 5.56 Å². The molecular weight excluding hydrogens is 290 g/mol. The molecule has 21 heavy (non-hydrogen) atoms. The number of fused-ring (bicyclic) bond motifs is 1. The third kappa shape index (κ3) is 1.94. The van der Waals surface area contributed by atoms with E-state index in [1.807, 2.05) is 0 Å². The van der Waals surface area contributed by atoms with Crippen LogP contribution in [0.5, 0.6) is 0 Å². The van der Waals surface area contributed by atoms with Gasteiger partial charge in [-0.25, -0.2) is 18.7 Å². The lowest BCUT2D eigenvalue weighted by Gasteiger charge is -2.19. The summed E-state index contributed by atoms with van der Waals surface area (Å²) < 4.78 is 33.9. The molecule has 3 heterocycles.